The maximum Gasteiger partial charge on any atom is 0.243 e. The van der Waals surface area contributed by atoms with Crippen molar-refractivity contribution in [2.75, 3.05) is 6.54 Å². The summed E-state index contributed by atoms with van der Waals surface area (Å²) in [4.78, 5) is 0.0935. The average molecular weight is 310 g/mol. The van der Waals surface area contributed by atoms with Crippen molar-refractivity contribution in [3.8, 4) is 0 Å². The predicted molar refractivity (Wildman–Crippen MR) is 73.5 cm³/mol. The fourth-order valence-electron chi connectivity index (χ4n) is 2.61. The Labute approximate surface area is 122 Å². The van der Waals surface area contributed by atoms with Gasteiger partial charge >= 0.3 is 0 Å². The van der Waals surface area contributed by atoms with E-state index in [1.54, 1.807) is 13.0 Å². The average Bonchev–Trinajstić information content (AvgIpc) is 3.07. The van der Waals surface area contributed by atoms with E-state index in [1.165, 1.54) is 16.4 Å². The number of halogens is 1. The highest BCUT2D eigenvalue weighted by molar-refractivity contribution is 7.89. The van der Waals surface area contributed by atoms with Crippen LogP contribution in [0.25, 0.3) is 0 Å². The molecule has 0 N–H and O–H groups in total. The molecule has 1 aliphatic rings. The zero-order valence-corrected chi connectivity index (χ0v) is 12.3. The Hall–Kier alpha value is -1.73. The molecule has 0 saturated carbocycles. The SMILES string of the molecule is Cc1cc([C@@H]2CCCN2S(=O)(=O)c2ccc(F)cc2)no1. The van der Waals surface area contributed by atoms with Gasteiger partial charge in [0.1, 0.15) is 17.3 Å². The molecule has 1 aromatic heterocycles. The Bertz CT molecular complexity index is 740. The number of rotatable bonds is 3. The number of hydrogen-bond donors (Lipinski definition) is 0. The topological polar surface area (TPSA) is 63.4 Å². The second-order valence-corrected chi connectivity index (χ2v) is 6.98. The molecular weight excluding hydrogens is 295 g/mol. The molecule has 0 bridgehead atoms. The summed E-state index contributed by atoms with van der Waals surface area (Å²) in [5, 5.41) is 3.93. The van der Waals surface area contributed by atoms with Crippen LogP contribution in [0.3, 0.4) is 0 Å². The van der Waals surface area contributed by atoms with Crippen molar-refractivity contribution in [3.63, 3.8) is 0 Å². The fraction of sp³-hybridized carbons (Fsp3) is 0.357. The third kappa shape index (κ3) is 2.58. The van der Waals surface area contributed by atoms with Gasteiger partial charge in [-0.25, -0.2) is 12.8 Å². The van der Waals surface area contributed by atoms with Crippen LogP contribution >= 0.6 is 0 Å². The van der Waals surface area contributed by atoms with E-state index in [0.717, 1.165) is 18.6 Å². The van der Waals surface area contributed by atoms with Gasteiger partial charge in [0.2, 0.25) is 10.0 Å². The van der Waals surface area contributed by atoms with Crippen LogP contribution in [-0.2, 0) is 10.0 Å². The number of hydrogen-bond acceptors (Lipinski definition) is 4. The van der Waals surface area contributed by atoms with Crippen LogP contribution < -0.4 is 0 Å². The fourth-order valence-corrected chi connectivity index (χ4v) is 4.28. The first-order chi connectivity index (χ1) is 9.98. The van der Waals surface area contributed by atoms with Crippen LogP contribution in [0.5, 0.6) is 0 Å². The van der Waals surface area contributed by atoms with E-state index in [0.29, 0.717) is 24.4 Å². The minimum absolute atomic E-state index is 0.0935. The highest BCUT2D eigenvalue weighted by Gasteiger charge is 2.37. The lowest BCUT2D eigenvalue weighted by atomic mass is 10.1. The normalized spacial score (nSPS) is 20.0. The maximum absolute atomic E-state index is 13.0. The van der Waals surface area contributed by atoms with Crippen LogP contribution in [0.1, 0.15) is 30.3 Å². The number of nitrogens with zero attached hydrogens (tertiary/aromatic N) is 2. The van der Waals surface area contributed by atoms with Gasteiger partial charge in [-0.3, -0.25) is 0 Å². The molecule has 1 aliphatic heterocycles. The van der Waals surface area contributed by atoms with E-state index in [9.17, 15) is 12.8 Å². The van der Waals surface area contributed by atoms with Crippen molar-refractivity contribution < 1.29 is 17.3 Å². The first-order valence-electron chi connectivity index (χ1n) is 6.69. The molecule has 3 rings (SSSR count). The smallest absolute Gasteiger partial charge is 0.243 e. The van der Waals surface area contributed by atoms with Gasteiger partial charge in [0.05, 0.1) is 10.9 Å². The summed E-state index contributed by atoms with van der Waals surface area (Å²) < 4.78 is 44.8. The number of aromatic nitrogens is 1. The van der Waals surface area contributed by atoms with E-state index in [1.807, 2.05) is 0 Å². The molecule has 1 aromatic carbocycles. The molecule has 112 valence electrons. The van der Waals surface area contributed by atoms with Crippen LogP contribution in [-0.4, -0.2) is 24.4 Å². The third-order valence-electron chi connectivity index (χ3n) is 3.61. The highest BCUT2D eigenvalue weighted by atomic mass is 32.2. The predicted octanol–water partition coefficient (Wildman–Crippen LogP) is 2.65. The van der Waals surface area contributed by atoms with E-state index >= 15 is 0 Å². The zero-order chi connectivity index (χ0) is 15.0. The Morgan fingerprint density at radius 1 is 1.33 bits per heavy atom. The standard InChI is InChI=1S/C14H15FN2O3S/c1-10-9-13(16-20-10)14-3-2-8-17(14)21(18,19)12-6-4-11(15)5-7-12/h4-7,9,14H,2-3,8H2,1H3/t14-/m0/s1. The first-order valence-corrected chi connectivity index (χ1v) is 8.13. The minimum atomic E-state index is -3.66. The molecule has 0 aliphatic carbocycles. The van der Waals surface area contributed by atoms with Crippen molar-refractivity contribution >= 4 is 10.0 Å². The number of benzene rings is 1. The quantitative estimate of drug-likeness (QED) is 0.874. The summed E-state index contributed by atoms with van der Waals surface area (Å²) in [5.74, 6) is 0.190. The third-order valence-corrected chi connectivity index (χ3v) is 5.53. The molecule has 1 fully saturated rings. The van der Waals surface area contributed by atoms with Gasteiger partial charge in [-0.05, 0) is 44.0 Å². The van der Waals surface area contributed by atoms with Crippen molar-refractivity contribution in [3.05, 3.63) is 47.6 Å². The maximum atomic E-state index is 13.0. The highest BCUT2D eigenvalue weighted by Crippen LogP contribution is 2.36. The van der Waals surface area contributed by atoms with Crippen molar-refractivity contribution in [2.45, 2.75) is 30.7 Å². The molecule has 0 amide bonds. The zero-order valence-electron chi connectivity index (χ0n) is 11.5. The Balaban J connectivity index is 1.96. The molecule has 0 spiro atoms. The summed E-state index contributed by atoms with van der Waals surface area (Å²) in [6.45, 7) is 2.19. The number of sulfonamides is 1. The van der Waals surface area contributed by atoms with Crippen LogP contribution in [0.2, 0.25) is 0 Å². The minimum Gasteiger partial charge on any atom is -0.361 e. The second-order valence-electron chi connectivity index (χ2n) is 5.09. The first kappa shape index (κ1) is 14.2. The van der Waals surface area contributed by atoms with Gasteiger partial charge in [-0.2, -0.15) is 4.31 Å². The van der Waals surface area contributed by atoms with Crippen LogP contribution in [0.15, 0.2) is 39.8 Å². The molecule has 1 atom stereocenters. The molecular formula is C14H15FN2O3S. The number of aryl methyl sites for hydroxylation is 1. The van der Waals surface area contributed by atoms with E-state index in [2.05, 4.69) is 5.16 Å². The monoisotopic (exact) mass is 310 g/mol. The summed E-state index contributed by atoms with van der Waals surface area (Å²) in [6.07, 6.45) is 1.46. The van der Waals surface area contributed by atoms with E-state index < -0.39 is 15.8 Å². The lowest BCUT2D eigenvalue weighted by molar-refractivity contribution is 0.349. The lowest BCUT2D eigenvalue weighted by Gasteiger charge is -2.22. The van der Waals surface area contributed by atoms with Crippen LogP contribution in [0, 0.1) is 12.7 Å². The molecule has 2 heterocycles. The molecule has 2 aromatic rings. The van der Waals surface area contributed by atoms with Crippen molar-refractivity contribution in [2.24, 2.45) is 0 Å². The van der Waals surface area contributed by atoms with E-state index in [4.69, 9.17) is 4.52 Å². The molecule has 5 nitrogen and oxygen atoms in total. The van der Waals surface area contributed by atoms with Gasteiger partial charge in [0.25, 0.3) is 0 Å². The molecule has 1 saturated heterocycles. The molecule has 0 radical (unpaired) electrons. The van der Waals surface area contributed by atoms with Gasteiger partial charge in [0.15, 0.2) is 0 Å². The second kappa shape index (κ2) is 5.23. The summed E-state index contributed by atoms with van der Waals surface area (Å²) in [7, 11) is -3.66. The van der Waals surface area contributed by atoms with Gasteiger partial charge in [-0.1, -0.05) is 5.16 Å². The summed E-state index contributed by atoms with van der Waals surface area (Å²) in [5.41, 5.74) is 0.621. The summed E-state index contributed by atoms with van der Waals surface area (Å²) in [6, 6.07) is 6.31. The van der Waals surface area contributed by atoms with E-state index in [-0.39, 0.29) is 10.9 Å². The Kier molecular flexibility index (Phi) is 3.54. The summed E-state index contributed by atoms with van der Waals surface area (Å²) >= 11 is 0. The van der Waals surface area contributed by atoms with Crippen molar-refractivity contribution in [1.29, 1.82) is 0 Å². The molecule has 7 heteroatoms. The Morgan fingerprint density at radius 2 is 2.05 bits per heavy atom. The van der Waals surface area contributed by atoms with Gasteiger partial charge < -0.3 is 4.52 Å². The molecule has 0 unspecified atom stereocenters. The largest absolute Gasteiger partial charge is 0.361 e. The molecule has 21 heavy (non-hydrogen) atoms. The van der Waals surface area contributed by atoms with Gasteiger partial charge in [-0.15, -0.1) is 0 Å². The van der Waals surface area contributed by atoms with Crippen LogP contribution in [0.4, 0.5) is 4.39 Å². The van der Waals surface area contributed by atoms with Crippen molar-refractivity contribution in [1.82, 2.24) is 9.46 Å². The van der Waals surface area contributed by atoms with Gasteiger partial charge in [0, 0.05) is 12.6 Å². The lowest BCUT2D eigenvalue weighted by Crippen LogP contribution is -2.30. The Morgan fingerprint density at radius 3 is 2.67 bits per heavy atom.